The Morgan fingerprint density at radius 2 is 2.22 bits per heavy atom. The van der Waals surface area contributed by atoms with Crippen LogP contribution in [0.4, 0.5) is 0 Å². The number of nitrogens with one attached hydrogen (secondary N) is 1. The summed E-state index contributed by atoms with van der Waals surface area (Å²) in [6, 6.07) is 0.0829. The highest BCUT2D eigenvalue weighted by molar-refractivity contribution is 7.05. The molecule has 1 unspecified atom stereocenters. The van der Waals surface area contributed by atoms with E-state index >= 15 is 0 Å². The summed E-state index contributed by atoms with van der Waals surface area (Å²) in [5.41, 5.74) is 1.06. The van der Waals surface area contributed by atoms with Crippen LogP contribution in [-0.2, 0) is 10.2 Å². The molecule has 5 heteroatoms. The maximum Gasteiger partial charge on any atom is 0.114 e. The van der Waals surface area contributed by atoms with E-state index in [-0.39, 0.29) is 11.5 Å². The number of likely N-dealkylation sites (N-methyl/N-ethyl adjacent to an activating group) is 1. The van der Waals surface area contributed by atoms with Crippen molar-refractivity contribution in [2.45, 2.75) is 45.1 Å². The third-order valence-electron chi connectivity index (χ3n) is 3.02. The van der Waals surface area contributed by atoms with E-state index in [1.54, 1.807) is 0 Å². The lowest BCUT2D eigenvalue weighted by Crippen LogP contribution is -2.25. The summed E-state index contributed by atoms with van der Waals surface area (Å²) in [4.78, 5) is 1.16. The van der Waals surface area contributed by atoms with Crippen molar-refractivity contribution in [3.8, 4) is 0 Å². The van der Waals surface area contributed by atoms with Gasteiger partial charge in [0.2, 0.25) is 0 Å². The van der Waals surface area contributed by atoms with Gasteiger partial charge < -0.3 is 10.1 Å². The molecule has 0 saturated carbocycles. The van der Waals surface area contributed by atoms with Crippen LogP contribution in [0.2, 0.25) is 0 Å². The van der Waals surface area contributed by atoms with Crippen LogP contribution in [0.1, 0.15) is 50.2 Å². The van der Waals surface area contributed by atoms with Gasteiger partial charge in [-0.15, -0.1) is 5.10 Å². The maximum atomic E-state index is 5.77. The summed E-state index contributed by atoms with van der Waals surface area (Å²) in [5.74, 6) is 1.01. The van der Waals surface area contributed by atoms with Gasteiger partial charge in [-0.2, -0.15) is 0 Å². The molecule has 2 heterocycles. The predicted molar refractivity (Wildman–Crippen MR) is 73.7 cm³/mol. The summed E-state index contributed by atoms with van der Waals surface area (Å²) in [5, 5.41) is 7.62. The highest BCUT2D eigenvalue weighted by atomic mass is 32.1. The molecule has 0 amide bonds. The first kappa shape index (κ1) is 13.5. The molecular formula is C13H21N3OS. The van der Waals surface area contributed by atoms with Gasteiger partial charge in [0.25, 0.3) is 0 Å². The summed E-state index contributed by atoms with van der Waals surface area (Å²) in [6.07, 6.45) is 4.37. The minimum Gasteiger partial charge on any atom is -0.496 e. The molecule has 0 fully saturated rings. The Morgan fingerprint density at radius 1 is 1.44 bits per heavy atom. The van der Waals surface area contributed by atoms with Gasteiger partial charge >= 0.3 is 0 Å². The number of hydrogen-bond acceptors (Lipinski definition) is 5. The monoisotopic (exact) mass is 267 g/mol. The van der Waals surface area contributed by atoms with Crippen molar-refractivity contribution >= 4 is 11.5 Å². The lowest BCUT2D eigenvalue weighted by molar-refractivity contribution is 0.170. The van der Waals surface area contributed by atoms with Gasteiger partial charge in [-0.05, 0) is 37.5 Å². The molecule has 0 saturated heterocycles. The first-order valence-corrected chi connectivity index (χ1v) is 7.14. The van der Waals surface area contributed by atoms with Gasteiger partial charge in [-0.3, -0.25) is 0 Å². The van der Waals surface area contributed by atoms with Crippen molar-refractivity contribution in [1.29, 1.82) is 0 Å². The fourth-order valence-corrected chi connectivity index (χ4v) is 3.07. The zero-order valence-corrected chi connectivity index (χ0v) is 12.3. The van der Waals surface area contributed by atoms with Crippen LogP contribution in [-0.4, -0.2) is 23.2 Å². The topological polar surface area (TPSA) is 47.0 Å². The van der Waals surface area contributed by atoms with E-state index in [2.05, 4.69) is 41.8 Å². The minimum atomic E-state index is 0.00661. The quantitative estimate of drug-likeness (QED) is 0.915. The Labute approximate surface area is 113 Å². The van der Waals surface area contributed by atoms with Crippen molar-refractivity contribution in [2.75, 3.05) is 13.7 Å². The van der Waals surface area contributed by atoms with Crippen LogP contribution in [0.15, 0.2) is 11.8 Å². The van der Waals surface area contributed by atoms with Gasteiger partial charge in [0.15, 0.2) is 0 Å². The number of nitrogens with zero attached hydrogens (tertiary/aromatic N) is 2. The largest absolute Gasteiger partial charge is 0.496 e. The average molecular weight is 267 g/mol. The lowest BCUT2D eigenvalue weighted by atomic mass is 9.89. The van der Waals surface area contributed by atoms with E-state index in [1.807, 2.05) is 7.05 Å². The van der Waals surface area contributed by atoms with Crippen LogP contribution in [0.5, 0.6) is 0 Å². The number of hydrogen-bond donors (Lipinski definition) is 1. The molecule has 18 heavy (non-hydrogen) atoms. The second kappa shape index (κ2) is 5.36. The number of aromatic nitrogens is 2. The van der Waals surface area contributed by atoms with Gasteiger partial charge in [-0.1, -0.05) is 25.3 Å². The van der Waals surface area contributed by atoms with Crippen LogP contribution in [0.25, 0.3) is 0 Å². The molecule has 0 spiro atoms. The molecule has 0 aromatic carbocycles. The zero-order valence-electron chi connectivity index (χ0n) is 11.5. The molecule has 0 bridgehead atoms. The van der Waals surface area contributed by atoms with Crippen LogP contribution >= 0.6 is 11.5 Å². The molecule has 4 nitrogen and oxygen atoms in total. The Kier molecular flexibility index (Phi) is 4.02. The number of ether oxygens (including phenoxy) is 1. The van der Waals surface area contributed by atoms with Gasteiger partial charge in [0.05, 0.1) is 17.2 Å². The smallest absolute Gasteiger partial charge is 0.114 e. The van der Waals surface area contributed by atoms with E-state index in [0.29, 0.717) is 0 Å². The summed E-state index contributed by atoms with van der Waals surface area (Å²) < 4.78 is 9.89. The fraction of sp³-hybridized carbons (Fsp3) is 0.692. The van der Waals surface area contributed by atoms with Gasteiger partial charge in [-0.25, -0.2) is 0 Å². The normalized spacial score (nSPS) is 18.1. The molecule has 2 rings (SSSR count). The van der Waals surface area contributed by atoms with Crippen molar-refractivity contribution in [3.05, 3.63) is 22.4 Å². The van der Waals surface area contributed by atoms with E-state index in [0.717, 1.165) is 35.8 Å². The molecular weight excluding hydrogens is 246 g/mol. The molecule has 100 valence electrons. The fourth-order valence-electron chi connectivity index (χ4n) is 2.09. The highest BCUT2D eigenvalue weighted by Crippen LogP contribution is 2.34. The molecule has 1 atom stereocenters. The van der Waals surface area contributed by atoms with Crippen molar-refractivity contribution in [3.63, 3.8) is 0 Å². The summed E-state index contributed by atoms with van der Waals surface area (Å²) >= 11 is 1.46. The van der Waals surface area contributed by atoms with E-state index in [4.69, 9.17) is 4.74 Å². The average Bonchev–Trinajstić information content (AvgIpc) is 2.80. The maximum absolute atomic E-state index is 5.77. The third kappa shape index (κ3) is 2.72. The van der Waals surface area contributed by atoms with Gasteiger partial charge in [0.1, 0.15) is 11.8 Å². The molecule has 1 aromatic rings. The van der Waals surface area contributed by atoms with E-state index < -0.39 is 0 Å². The number of allylic oxidation sites excluding steroid dienone is 1. The molecule has 1 aromatic heterocycles. The Morgan fingerprint density at radius 3 is 2.78 bits per heavy atom. The van der Waals surface area contributed by atoms with Crippen molar-refractivity contribution < 1.29 is 4.74 Å². The SMILES string of the molecule is CNC(C1=CCCCO1)c1snnc1C(C)(C)C. The van der Waals surface area contributed by atoms with Crippen LogP contribution < -0.4 is 5.32 Å². The van der Waals surface area contributed by atoms with E-state index in [1.165, 1.54) is 11.5 Å². The molecule has 1 aliphatic rings. The second-order valence-corrected chi connectivity index (χ2v) is 6.34. The zero-order chi connectivity index (χ0) is 13.2. The molecule has 1 N–H and O–H groups in total. The minimum absolute atomic E-state index is 0.00661. The first-order valence-electron chi connectivity index (χ1n) is 6.37. The Bertz CT molecular complexity index is 434. The number of rotatable bonds is 3. The molecule has 0 radical (unpaired) electrons. The molecule has 1 aliphatic heterocycles. The van der Waals surface area contributed by atoms with Crippen LogP contribution in [0.3, 0.4) is 0 Å². The van der Waals surface area contributed by atoms with E-state index in [9.17, 15) is 0 Å². The lowest BCUT2D eigenvalue weighted by Gasteiger charge is -2.25. The summed E-state index contributed by atoms with van der Waals surface area (Å²) in [7, 11) is 1.95. The summed E-state index contributed by atoms with van der Waals surface area (Å²) in [6.45, 7) is 7.29. The first-order chi connectivity index (χ1) is 8.54. The Hall–Kier alpha value is -0.940. The standard InChI is InChI=1S/C13H21N3OS/c1-13(2,3)12-11(18-16-15-12)10(14-4)9-7-5-6-8-17-9/h7,10,14H,5-6,8H2,1-4H3. The Balaban J connectivity index is 2.33. The van der Waals surface area contributed by atoms with Crippen molar-refractivity contribution in [2.24, 2.45) is 0 Å². The van der Waals surface area contributed by atoms with Gasteiger partial charge in [0, 0.05) is 5.41 Å². The van der Waals surface area contributed by atoms with Crippen LogP contribution in [0, 0.1) is 0 Å². The molecule has 0 aliphatic carbocycles. The third-order valence-corrected chi connectivity index (χ3v) is 3.81. The highest BCUT2D eigenvalue weighted by Gasteiger charge is 2.29. The second-order valence-electron chi connectivity index (χ2n) is 5.55. The van der Waals surface area contributed by atoms with Crippen molar-refractivity contribution in [1.82, 2.24) is 14.9 Å². The predicted octanol–water partition coefficient (Wildman–Crippen LogP) is 2.79.